The average molecular weight is 204 g/mol. The maximum atomic E-state index is 12.6. The zero-order valence-electron chi connectivity index (χ0n) is 8.14. The lowest BCUT2D eigenvalue weighted by Gasteiger charge is -1.93. The second-order valence-corrected chi connectivity index (χ2v) is 2.68. The first kappa shape index (κ1) is 10.9. The number of nitrogens with zero attached hydrogens (tertiary/aromatic N) is 2. The molecule has 0 heterocycles. The molecular formula is C11H9FN2O. The maximum Gasteiger partial charge on any atom is 0.123 e. The Balaban J connectivity index is 2.89. The summed E-state index contributed by atoms with van der Waals surface area (Å²) in [6.45, 7) is 0. The number of allylic oxidation sites excluding steroid dienone is 1. The molecule has 1 rings (SSSR count). The molecule has 0 bridgehead atoms. The van der Waals surface area contributed by atoms with Gasteiger partial charge in [-0.05, 0) is 23.8 Å². The minimum absolute atomic E-state index is 0.309. The molecule has 0 saturated carbocycles. The summed E-state index contributed by atoms with van der Waals surface area (Å²) in [6, 6.07) is 7.75. The predicted molar refractivity (Wildman–Crippen MR) is 55.5 cm³/mol. The van der Waals surface area contributed by atoms with Gasteiger partial charge in [0, 0.05) is 0 Å². The first-order chi connectivity index (χ1) is 7.26. The molecule has 1 aromatic rings. The van der Waals surface area contributed by atoms with Crippen LogP contribution in [0.25, 0.3) is 6.08 Å². The molecule has 15 heavy (non-hydrogen) atoms. The van der Waals surface area contributed by atoms with Gasteiger partial charge in [-0.3, -0.25) is 0 Å². The van der Waals surface area contributed by atoms with Crippen LogP contribution in [0.3, 0.4) is 0 Å². The quantitative estimate of drug-likeness (QED) is 0.431. The topological polar surface area (TPSA) is 45.4 Å². The van der Waals surface area contributed by atoms with Crippen LogP contribution < -0.4 is 0 Å². The Morgan fingerprint density at radius 3 is 2.67 bits per heavy atom. The third-order valence-corrected chi connectivity index (χ3v) is 1.62. The average Bonchev–Trinajstić information content (AvgIpc) is 2.27. The number of nitriles is 1. The summed E-state index contributed by atoms with van der Waals surface area (Å²) in [7, 11) is 1.39. The molecule has 0 amide bonds. The van der Waals surface area contributed by atoms with E-state index in [1.54, 1.807) is 18.2 Å². The van der Waals surface area contributed by atoms with Crippen LogP contribution in [0.2, 0.25) is 0 Å². The van der Waals surface area contributed by atoms with Crippen molar-refractivity contribution in [3.63, 3.8) is 0 Å². The monoisotopic (exact) mass is 204 g/mol. The molecule has 0 aliphatic rings. The lowest BCUT2D eigenvalue weighted by atomic mass is 10.1. The number of hydrogen-bond acceptors (Lipinski definition) is 3. The molecule has 0 atom stereocenters. The van der Waals surface area contributed by atoms with Gasteiger partial charge in [0.05, 0.1) is 11.8 Å². The first-order valence-corrected chi connectivity index (χ1v) is 4.20. The molecule has 4 heteroatoms. The van der Waals surface area contributed by atoms with Crippen molar-refractivity contribution in [1.82, 2.24) is 0 Å². The van der Waals surface area contributed by atoms with Gasteiger partial charge in [-0.2, -0.15) is 5.26 Å². The number of oxime groups is 1. The zero-order valence-corrected chi connectivity index (χ0v) is 8.14. The van der Waals surface area contributed by atoms with Gasteiger partial charge in [0.15, 0.2) is 0 Å². The van der Waals surface area contributed by atoms with E-state index >= 15 is 0 Å². The molecule has 0 spiro atoms. The van der Waals surface area contributed by atoms with Gasteiger partial charge in [-0.1, -0.05) is 17.3 Å². The largest absolute Gasteiger partial charge is 0.399 e. The van der Waals surface area contributed by atoms with Crippen molar-refractivity contribution in [1.29, 1.82) is 5.26 Å². The summed E-state index contributed by atoms with van der Waals surface area (Å²) in [6.07, 6.45) is 2.88. The number of benzene rings is 1. The van der Waals surface area contributed by atoms with Crippen LogP contribution in [-0.4, -0.2) is 13.3 Å². The molecular weight excluding hydrogens is 195 g/mol. The molecule has 76 valence electrons. The lowest BCUT2D eigenvalue weighted by molar-refractivity contribution is 0.215. The van der Waals surface area contributed by atoms with Crippen LogP contribution in [0.4, 0.5) is 4.39 Å². The predicted octanol–water partition coefficient (Wildman–Crippen LogP) is 2.36. The minimum Gasteiger partial charge on any atom is -0.399 e. The van der Waals surface area contributed by atoms with Gasteiger partial charge in [-0.15, -0.1) is 0 Å². The van der Waals surface area contributed by atoms with Crippen LogP contribution in [0.1, 0.15) is 5.56 Å². The van der Waals surface area contributed by atoms with Gasteiger partial charge in [0.2, 0.25) is 0 Å². The van der Waals surface area contributed by atoms with E-state index < -0.39 is 0 Å². The summed E-state index contributed by atoms with van der Waals surface area (Å²) in [4.78, 5) is 4.45. The Kier molecular flexibility index (Phi) is 4.05. The molecule has 0 radical (unpaired) electrons. The highest BCUT2D eigenvalue weighted by molar-refractivity contribution is 5.89. The third kappa shape index (κ3) is 3.61. The fourth-order valence-corrected chi connectivity index (χ4v) is 0.946. The number of hydrogen-bond donors (Lipinski definition) is 0. The maximum absolute atomic E-state index is 12.6. The minimum atomic E-state index is -0.309. The normalized spacial score (nSPS) is 11.4. The van der Waals surface area contributed by atoms with Crippen molar-refractivity contribution in [3.05, 3.63) is 41.2 Å². The van der Waals surface area contributed by atoms with Gasteiger partial charge in [0.25, 0.3) is 0 Å². The smallest absolute Gasteiger partial charge is 0.123 e. The Hall–Kier alpha value is -2.15. The summed E-state index contributed by atoms with van der Waals surface area (Å²) < 4.78 is 12.6. The van der Waals surface area contributed by atoms with E-state index in [0.717, 1.165) is 5.56 Å². The van der Waals surface area contributed by atoms with E-state index in [2.05, 4.69) is 9.99 Å². The molecule has 0 fully saturated rings. The van der Waals surface area contributed by atoms with Crippen molar-refractivity contribution in [2.45, 2.75) is 0 Å². The highest BCUT2D eigenvalue weighted by Crippen LogP contribution is 2.07. The Bertz CT molecular complexity index is 415. The molecule has 0 unspecified atom stereocenters. The van der Waals surface area contributed by atoms with Gasteiger partial charge >= 0.3 is 0 Å². The molecule has 0 aliphatic heterocycles. The van der Waals surface area contributed by atoms with Gasteiger partial charge in [-0.25, -0.2) is 4.39 Å². The molecule has 3 nitrogen and oxygen atoms in total. The van der Waals surface area contributed by atoms with E-state index in [-0.39, 0.29) is 5.82 Å². The standard InChI is InChI=1S/C11H9FN2O/c1-15-14-8-10(7-13)6-9-2-4-11(12)5-3-9/h2-6,8H,1H3/b10-6+,14-8+. The Morgan fingerprint density at radius 2 is 2.13 bits per heavy atom. The van der Waals surface area contributed by atoms with E-state index in [1.165, 1.54) is 25.5 Å². The van der Waals surface area contributed by atoms with Crippen molar-refractivity contribution in [2.75, 3.05) is 7.11 Å². The van der Waals surface area contributed by atoms with E-state index in [4.69, 9.17) is 5.26 Å². The third-order valence-electron chi connectivity index (χ3n) is 1.62. The molecule has 0 aliphatic carbocycles. The zero-order chi connectivity index (χ0) is 11.1. The van der Waals surface area contributed by atoms with Gasteiger partial charge in [0.1, 0.15) is 19.0 Å². The van der Waals surface area contributed by atoms with E-state index in [1.807, 2.05) is 6.07 Å². The summed E-state index contributed by atoms with van der Waals surface area (Å²) in [5.41, 5.74) is 1.07. The molecule has 1 aromatic carbocycles. The van der Waals surface area contributed by atoms with Crippen LogP contribution >= 0.6 is 0 Å². The van der Waals surface area contributed by atoms with E-state index in [9.17, 15) is 4.39 Å². The summed E-state index contributed by atoms with van der Waals surface area (Å²) in [5, 5.41) is 12.2. The Morgan fingerprint density at radius 1 is 1.47 bits per heavy atom. The van der Waals surface area contributed by atoms with Crippen LogP contribution in [0, 0.1) is 17.1 Å². The SMILES string of the molecule is CO/N=C/C(C#N)=C/c1ccc(F)cc1. The highest BCUT2D eigenvalue weighted by Gasteiger charge is 1.93. The van der Waals surface area contributed by atoms with Gasteiger partial charge < -0.3 is 4.84 Å². The molecule has 0 aromatic heterocycles. The fraction of sp³-hybridized carbons (Fsp3) is 0.0909. The summed E-state index contributed by atoms with van der Waals surface area (Å²) >= 11 is 0. The van der Waals surface area contributed by atoms with Crippen molar-refractivity contribution in [3.8, 4) is 6.07 Å². The van der Waals surface area contributed by atoms with Crippen molar-refractivity contribution >= 4 is 12.3 Å². The highest BCUT2D eigenvalue weighted by atomic mass is 19.1. The van der Waals surface area contributed by atoms with Crippen molar-refractivity contribution in [2.24, 2.45) is 5.16 Å². The summed E-state index contributed by atoms with van der Waals surface area (Å²) in [5.74, 6) is -0.309. The van der Waals surface area contributed by atoms with Crippen molar-refractivity contribution < 1.29 is 9.23 Å². The van der Waals surface area contributed by atoms with Crippen LogP contribution in [0.5, 0.6) is 0 Å². The molecule has 0 N–H and O–H groups in total. The second-order valence-electron chi connectivity index (χ2n) is 2.68. The van der Waals surface area contributed by atoms with Crippen LogP contribution in [-0.2, 0) is 4.84 Å². The second kappa shape index (κ2) is 5.55. The molecule has 0 saturated heterocycles. The number of halogens is 1. The fourth-order valence-electron chi connectivity index (χ4n) is 0.946. The first-order valence-electron chi connectivity index (χ1n) is 4.20. The Labute approximate surface area is 87.1 Å². The lowest BCUT2D eigenvalue weighted by Crippen LogP contribution is -1.83. The number of rotatable bonds is 3. The van der Waals surface area contributed by atoms with Crippen LogP contribution in [0.15, 0.2) is 35.0 Å². The van der Waals surface area contributed by atoms with E-state index in [0.29, 0.717) is 5.57 Å².